The number of nitrogens with zero attached hydrogens (tertiary/aromatic N) is 3. The number of piperazine rings is 1. The minimum atomic E-state index is -0.958. The molecule has 0 aromatic carbocycles. The van der Waals surface area contributed by atoms with Crippen molar-refractivity contribution in [2.45, 2.75) is 66.5 Å². The predicted molar refractivity (Wildman–Crippen MR) is 110 cm³/mol. The lowest BCUT2D eigenvalue weighted by molar-refractivity contribution is -0.152. The van der Waals surface area contributed by atoms with Crippen molar-refractivity contribution in [1.29, 1.82) is 0 Å². The van der Waals surface area contributed by atoms with Gasteiger partial charge in [-0.15, -0.1) is 0 Å². The van der Waals surface area contributed by atoms with Crippen LogP contribution in [-0.2, 0) is 14.4 Å². The molecule has 1 aliphatic heterocycles. The maximum atomic E-state index is 12.7. The van der Waals surface area contributed by atoms with Gasteiger partial charge in [0.05, 0.1) is 0 Å². The van der Waals surface area contributed by atoms with E-state index in [2.05, 4.69) is 11.8 Å². The molecule has 3 atom stereocenters. The SMILES string of the molecule is CC(C)C(=O)N1CCN(C(C)CCC(C)C(=O)N(C)C(C(=O)O)C(C)C)CC1. The Hall–Kier alpha value is -1.63. The maximum absolute atomic E-state index is 12.7. The normalized spacial score (nSPS) is 18.8. The molecule has 162 valence electrons. The Morgan fingerprint density at radius 1 is 0.929 bits per heavy atom. The molecule has 0 aromatic heterocycles. The summed E-state index contributed by atoms with van der Waals surface area (Å²) in [5.41, 5.74) is 0. The van der Waals surface area contributed by atoms with E-state index in [0.717, 1.165) is 39.0 Å². The molecule has 1 N–H and O–H groups in total. The summed E-state index contributed by atoms with van der Waals surface area (Å²) < 4.78 is 0. The number of carboxylic acid groups (broad SMARTS) is 1. The van der Waals surface area contributed by atoms with Crippen molar-refractivity contribution in [3.8, 4) is 0 Å². The van der Waals surface area contributed by atoms with Gasteiger partial charge in [-0.1, -0.05) is 34.6 Å². The van der Waals surface area contributed by atoms with Gasteiger partial charge < -0.3 is 14.9 Å². The molecule has 7 nitrogen and oxygen atoms in total. The Morgan fingerprint density at radius 2 is 1.46 bits per heavy atom. The lowest BCUT2D eigenvalue weighted by atomic mass is 9.97. The van der Waals surface area contributed by atoms with E-state index in [9.17, 15) is 19.5 Å². The van der Waals surface area contributed by atoms with Gasteiger partial charge >= 0.3 is 5.97 Å². The van der Waals surface area contributed by atoms with Crippen molar-refractivity contribution >= 4 is 17.8 Å². The summed E-state index contributed by atoms with van der Waals surface area (Å²) in [5.74, 6) is -1.17. The van der Waals surface area contributed by atoms with E-state index in [1.54, 1.807) is 7.05 Å². The Balaban J connectivity index is 2.50. The Kier molecular flexibility index (Phi) is 9.40. The van der Waals surface area contributed by atoms with Crippen LogP contribution in [0.2, 0.25) is 0 Å². The van der Waals surface area contributed by atoms with Crippen LogP contribution in [-0.4, -0.2) is 82.9 Å². The zero-order chi connectivity index (χ0) is 21.6. The first-order valence-corrected chi connectivity index (χ1v) is 10.5. The molecule has 28 heavy (non-hydrogen) atoms. The second-order valence-corrected chi connectivity index (χ2v) is 8.82. The minimum Gasteiger partial charge on any atom is -0.480 e. The van der Waals surface area contributed by atoms with Gasteiger partial charge in [0.25, 0.3) is 0 Å². The molecular formula is C21H39N3O4. The summed E-state index contributed by atoms with van der Waals surface area (Å²) in [5, 5.41) is 9.40. The lowest BCUT2D eigenvalue weighted by Crippen LogP contribution is -2.52. The molecule has 1 heterocycles. The van der Waals surface area contributed by atoms with Gasteiger partial charge in [-0.2, -0.15) is 0 Å². The zero-order valence-corrected chi connectivity index (χ0v) is 18.6. The molecule has 0 radical (unpaired) electrons. The Morgan fingerprint density at radius 3 is 1.89 bits per heavy atom. The molecular weight excluding hydrogens is 358 g/mol. The number of likely N-dealkylation sites (N-methyl/N-ethyl adjacent to an activating group) is 1. The molecule has 0 spiro atoms. The first kappa shape index (κ1) is 24.4. The van der Waals surface area contributed by atoms with Crippen LogP contribution in [0.4, 0.5) is 0 Å². The van der Waals surface area contributed by atoms with Gasteiger partial charge in [-0.05, 0) is 25.7 Å². The molecule has 1 aliphatic rings. The number of rotatable bonds is 9. The number of hydrogen-bond acceptors (Lipinski definition) is 4. The average molecular weight is 398 g/mol. The van der Waals surface area contributed by atoms with Gasteiger partial charge in [0.2, 0.25) is 11.8 Å². The van der Waals surface area contributed by atoms with E-state index in [0.29, 0.717) is 6.04 Å². The van der Waals surface area contributed by atoms with E-state index in [-0.39, 0.29) is 29.6 Å². The molecule has 2 amide bonds. The van der Waals surface area contributed by atoms with Crippen molar-refractivity contribution in [3.63, 3.8) is 0 Å². The fourth-order valence-corrected chi connectivity index (χ4v) is 3.93. The van der Waals surface area contributed by atoms with Gasteiger partial charge in [-0.3, -0.25) is 14.5 Å². The quantitative estimate of drug-likeness (QED) is 0.645. The monoisotopic (exact) mass is 397 g/mol. The third-order valence-corrected chi connectivity index (χ3v) is 5.83. The van der Waals surface area contributed by atoms with Crippen molar-refractivity contribution in [3.05, 3.63) is 0 Å². The number of carbonyl (C=O) groups is 3. The lowest BCUT2D eigenvalue weighted by Gasteiger charge is -2.39. The third kappa shape index (κ3) is 6.47. The molecule has 1 saturated heterocycles. The minimum absolute atomic E-state index is 0.0355. The van der Waals surface area contributed by atoms with Crippen molar-refractivity contribution in [2.75, 3.05) is 33.2 Å². The number of amides is 2. The van der Waals surface area contributed by atoms with E-state index in [1.807, 2.05) is 39.5 Å². The second kappa shape index (κ2) is 10.8. The van der Waals surface area contributed by atoms with Crippen LogP contribution < -0.4 is 0 Å². The Labute approximate surface area is 170 Å². The van der Waals surface area contributed by atoms with Crippen LogP contribution >= 0.6 is 0 Å². The Bertz CT molecular complexity index is 542. The predicted octanol–water partition coefficient (Wildman–Crippen LogP) is 2.16. The van der Waals surface area contributed by atoms with Crippen LogP contribution in [0.25, 0.3) is 0 Å². The van der Waals surface area contributed by atoms with Gasteiger partial charge in [0.15, 0.2) is 0 Å². The second-order valence-electron chi connectivity index (χ2n) is 8.82. The first-order chi connectivity index (χ1) is 13.0. The summed E-state index contributed by atoms with van der Waals surface area (Å²) in [4.78, 5) is 41.9. The highest BCUT2D eigenvalue weighted by molar-refractivity contribution is 5.84. The highest BCUT2D eigenvalue weighted by Crippen LogP contribution is 2.19. The van der Waals surface area contributed by atoms with E-state index in [1.165, 1.54) is 4.90 Å². The number of carboxylic acids is 1. The highest BCUT2D eigenvalue weighted by atomic mass is 16.4. The fraction of sp³-hybridized carbons (Fsp3) is 0.857. The van der Waals surface area contributed by atoms with E-state index >= 15 is 0 Å². The average Bonchev–Trinajstić information content (AvgIpc) is 2.63. The summed E-state index contributed by atoms with van der Waals surface area (Å²) in [7, 11) is 1.59. The fourth-order valence-electron chi connectivity index (χ4n) is 3.93. The topological polar surface area (TPSA) is 81.2 Å². The van der Waals surface area contributed by atoms with Gasteiger partial charge in [-0.25, -0.2) is 4.79 Å². The van der Waals surface area contributed by atoms with Crippen molar-refractivity contribution in [2.24, 2.45) is 17.8 Å². The van der Waals surface area contributed by atoms with Crippen molar-refractivity contribution < 1.29 is 19.5 Å². The van der Waals surface area contributed by atoms with E-state index < -0.39 is 12.0 Å². The first-order valence-electron chi connectivity index (χ1n) is 10.5. The molecule has 0 aliphatic carbocycles. The summed E-state index contributed by atoms with van der Waals surface area (Å²) in [6, 6.07) is -0.462. The third-order valence-electron chi connectivity index (χ3n) is 5.83. The van der Waals surface area contributed by atoms with Crippen LogP contribution in [0, 0.1) is 17.8 Å². The number of hydrogen-bond donors (Lipinski definition) is 1. The van der Waals surface area contributed by atoms with Crippen LogP contribution in [0.15, 0.2) is 0 Å². The number of carbonyl (C=O) groups excluding carboxylic acids is 2. The van der Waals surface area contributed by atoms with Crippen LogP contribution in [0.5, 0.6) is 0 Å². The molecule has 3 unspecified atom stereocenters. The molecule has 1 fully saturated rings. The summed E-state index contributed by atoms with van der Waals surface area (Å²) >= 11 is 0. The molecule has 0 bridgehead atoms. The van der Waals surface area contributed by atoms with Gasteiger partial charge in [0, 0.05) is 51.1 Å². The summed E-state index contributed by atoms with van der Waals surface area (Å²) in [6.45, 7) is 14.8. The van der Waals surface area contributed by atoms with Crippen LogP contribution in [0.3, 0.4) is 0 Å². The smallest absolute Gasteiger partial charge is 0.326 e. The largest absolute Gasteiger partial charge is 0.480 e. The molecule has 0 saturated carbocycles. The molecule has 0 aromatic rings. The highest BCUT2D eigenvalue weighted by Gasteiger charge is 2.32. The zero-order valence-electron chi connectivity index (χ0n) is 18.6. The van der Waals surface area contributed by atoms with E-state index in [4.69, 9.17) is 0 Å². The van der Waals surface area contributed by atoms with Crippen molar-refractivity contribution in [1.82, 2.24) is 14.7 Å². The number of aliphatic carboxylic acids is 1. The summed E-state index contributed by atoms with van der Waals surface area (Å²) in [6.07, 6.45) is 1.60. The van der Waals surface area contributed by atoms with Gasteiger partial charge in [0.1, 0.15) is 6.04 Å². The van der Waals surface area contributed by atoms with Crippen LogP contribution in [0.1, 0.15) is 54.4 Å². The standard InChI is InChI=1S/C21H39N3O4/c1-14(2)18(21(27)28)22(7)20(26)16(5)8-9-17(6)23-10-12-24(13-11-23)19(25)15(3)4/h14-18H,8-13H2,1-7H3,(H,27,28). The maximum Gasteiger partial charge on any atom is 0.326 e. The molecule has 7 heteroatoms. The molecule has 1 rings (SSSR count).